The predicted molar refractivity (Wildman–Crippen MR) is 110 cm³/mol. The number of hydrogen-bond donors (Lipinski definition) is 2. The van der Waals surface area contributed by atoms with Crippen LogP contribution in [0, 0.1) is 0 Å². The summed E-state index contributed by atoms with van der Waals surface area (Å²) in [7, 11) is 1.61. The molecule has 2 N–H and O–H groups in total. The molecule has 0 saturated carbocycles. The van der Waals surface area contributed by atoms with Crippen molar-refractivity contribution in [1.82, 2.24) is 15.6 Å². The second-order valence-electron chi connectivity index (χ2n) is 7.00. The van der Waals surface area contributed by atoms with Gasteiger partial charge in [-0.15, -0.1) is 13.2 Å². The number of aromatic nitrogens is 1. The zero-order chi connectivity index (χ0) is 21.4. The number of nitrogens with one attached hydrogen (secondary N) is 2. The fourth-order valence-electron chi connectivity index (χ4n) is 3.33. The number of benzene rings is 1. The first kappa shape index (κ1) is 21.7. The predicted octanol–water partition coefficient (Wildman–Crippen LogP) is 3.84. The van der Waals surface area contributed by atoms with Gasteiger partial charge in [-0.1, -0.05) is 18.2 Å². The maximum absolute atomic E-state index is 12.6. The lowest BCUT2D eigenvalue weighted by molar-refractivity contribution is -0.274. The van der Waals surface area contributed by atoms with Gasteiger partial charge in [-0.25, -0.2) is 4.98 Å². The van der Waals surface area contributed by atoms with Gasteiger partial charge in [0.2, 0.25) is 0 Å². The molecule has 30 heavy (non-hydrogen) atoms. The average molecular weight is 421 g/mol. The van der Waals surface area contributed by atoms with Crippen LogP contribution in [0.1, 0.15) is 30.4 Å². The van der Waals surface area contributed by atoms with E-state index < -0.39 is 6.36 Å². The molecule has 1 saturated heterocycles. The van der Waals surface area contributed by atoms with Crippen molar-refractivity contribution in [2.45, 2.75) is 38.7 Å². The molecule has 1 aromatic heterocycles. The first-order chi connectivity index (χ1) is 14.4. The summed E-state index contributed by atoms with van der Waals surface area (Å²) < 4.78 is 41.8. The van der Waals surface area contributed by atoms with Gasteiger partial charge in [-0.2, -0.15) is 0 Å². The second kappa shape index (κ2) is 10.2. The van der Waals surface area contributed by atoms with Crippen LogP contribution < -0.4 is 20.3 Å². The van der Waals surface area contributed by atoms with Crippen LogP contribution in [-0.4, -0.2) is 37.4 Å². The highest BCUT2D eigenvalue weighted by atomic mass is 19.4. The largest absolute Gasteiger partial charge is 0.573 e. The summed E-state index contributed by atoms with van der Waals surface area (Å²) in [5.41, 5.74) is 1.43. The fraction of sp³-hybridized carbons (Fsp3) is 0.429. The number of para-hydroxylation sites is 1. The van der Waals surface area contributed by atoms with Gasteiger partial charge in [-0.3, -0.25) is 4.99 Å². The molecule has 0 atom stereocenters. The number of guanidine groups is 1. The third kappa shape index (κ3) is 6.53. The van der Waals surface area contributed by atoms with E-state index in [1.165, 1.54) is 31.4 Å². The minimum atomic E-state index is -4.73. The highest BCUT2D eigenvalue weighted by Crippen LogP contribution is 2.26. The number of piperidine rings is 1. The van der Waals surface area contributed by atoms with E-state index in [9.17, 15) is 13.2 Å². The Hall–Kier alpha value is -2.97. The molecule has 1 fully saturated rings. The maximum atomic E-state index is 12.6. The van der Waals surface area contributed by atoms with Gasteiger partial charge in [0.05, 0.1) is 0 Å². The van der Waals surface area contributed by atoms with Crippen molar-refractivity contribution in [3.8, 4) is 5.75 Å². The Balaban J connectivity index is 1.56. The van der Waals surface area contributed by atoms with E-state index in [2.05, 4.69) is 36.3 Å². The van der Waals surface area contributed by atoms with E-state index in [1.54, 1.807) is 25.4 Å². The van der Waals surface area contributed by atoms with Crippen molar-refractivity contribution in [2.24, 2.45) is 4.99 Å². The zero-order valence-electron chi connectivity index (χ0n) is 16.9. The molecule has 1 aliphatic rings. The van der Waals surface area contributed by atoms with Gasteiger partial charge < -0.3 is 20.3 Å². The molecule has 6 nitrogen and oxygen atoms in total. The summed E-state index contributed by atoms with van der Waals surface area (Å²) in [4.78, 5) is 10.9. The third-order valence-corrected chi connectivity index (χ3v) is 4.82. The van der Waals surface area contributed by atoms with Crippen molar-refractivity contribution in [3.05, 3.63) is 53.7 Å². The Bertz CT molecular complexity index is 851. The van der Waals surface area contributed by atoms with Gasteiger partial charge in [0, 0.05) is 45.0 Å². The van der Waals surface area contributed by atoms with Crippen LogP contribution in [0.2, 0.25) is 0 Å². The molecule has 9 heteroatoms. The van der Waals surface area contributed by atoms with Crippen LogP contribution >= 0.6 is 0 Å². The molecule has 0 radical (unpaired) electrons. The van der Waals surface area contributed by atoms with Gasteiger partial charge >= 0.3 is 6.36 Å². The molecule has 2 heterocycles. The summed E-state index contributed by atoms with van der Waals surface area (Å²) in [6, 6.07) is 10.0. The average Bonchev–Trinajstić information content (AvgIpc) is 2.75. The van der Waals surface area contributed by atoms with Crippen molar-refractivity contribution in [3.63, 3.8) is 0 Å². The minimum Gasteiger partial charge on any atom is -0.405 e. The van der Waals surface area contributed by atoms with Crippen LogP contribution in [0.25, 0.3) is 0 Å². The quantitative estimate of drug-likeness (QED) is 0.548. The molecule has 2 aromatic rings. The number of hydrogen-bond acceptors (Lipinski definition) is 4. The number of nitrogens with zero attached hydrogens (tertiary/aromatic N) is 3. The topological polar surface area (TPSA) is 61.8 Å². The number of halogens is 3. The lowest BCUT2D eigenvalue weighted by atomic mass is 10.1. The van der Waals surface area contributed by atoms with Gasteiger partial charge in [-0.05, 0) is 43.0 Å². The number of ether oxygens (including phenoxy) is 1. The molecular formula is C21H26F3N5O. The normalized spacial score (nSPS) is 15.1. The molecule has 0 aliphatic carbocycles. The Morgan fingerprint density at radius 3 is 2.57 bits per heavy atom. The van der Waals surface area contributed by atoms with E-state index in [0.29, 0.717) is 18.1 Å². The second-order valence-corrected chi connectivity index (χ2v) is 7.00. The third-order valence-electron chi connectivity index (χ3n) is 4.82. The molecule has 0 unspecified atom stereocenters. The lowest BCUT2D eigenvalue weighted by Crippen LogP contribution is -2.36. The highest BCUT2D eigenvalue weighted by molar-refractivity contribution is 5.79. The monoisotopic (exact) mass is 421 g/mol. The summed E-state index contributed by atoms with van der Waals surface area (Å²) >= 11 is 0. The summed E-state index contributed by atoms with van der Waals surface area (Å²) in [5.74, 6) is 1.22. The highest BCUT2D eigenvalue weighted by Gasteiger charge is 2.31. The molecule has 3 rings (SSSR count). The zero-order valence-corrected chi connectivity index (χ0v) is 16.9. The molecule has 1 aliphatic heterocycles. The van der Waals surface area contributed by atoms with Crippen LogP contribution in [0.3, 0.4) is 0 Å². The molecule has 162 valence electrons. The number of pyridine rings is 1. The van der Waals surface area contributed by atoms with Gasteiger partial charge in [0.15, 0.2) is 5.96 Å². The number of anilines is 1. The summed E-state index contributed by atoms with van der Waals surface area (Å²) in [6.45, 7) is 2.70. The number of alkyl halides is 3. The first-order valence-corrected chi connectivity index (χ1v) is 9.92. The molecule has 0 amide bonds. The standard InChI is InChI=1S/C21H26F3N5O/c1-25-20(28-15-17-7-3-4-8-18(17)30-21(22,23)24)27-14-16-9-10-26-19(13-16)29-11-5-2-6-12-29/h3-4,7-10,13H,2,5-6,11-12,14-15H2,1H3,(H2,25,27,28). The van der Waals surface area contributed by atoms with E-state index in [-0.39, 0.29) is 12.3 Å². The van der Waals surface area contributed by atoms with Crippen LogP contribution in [0.15, 0.2) is 47.6 Å². The maximum Gasteiger partial charge on any atom is 0.573 e. The Morgan fingerprint density at radius 1 is 1.10 bits per heavy atom. The lowest BCUT2D eigenvalue weighted by Gasteiger charge is -2.28. The van der Waals surface area contributed by atoms with Gasteiger partial charge in [0.25, 0.3) is 0 Å². The van der Waals surface area contributed by atoms with Crippen molar-refractivity contribution in [1.29, 1.82) is 0 Å². The van der Waals surface area contributed by atoms with Crippen molar-refractivity contribution >= 4 is 11.8 Å². The van der Waals surface area contributed by atoms with E-state index in [0.717, 1.165) is 24.5 Å². The van der Waals surface area contributed by atoms with Gasteiger partial charge in [0.1, 0.15) is 11.6 Å². The van der Waals surface area contributed by atoms with E-state index in [4.69, 9.17) is 0 Å². The Labute approximate surface area is 174 Å². The van der Waals surface area contributed by atoms with Crippen LogP contribution in [-0.2, 0) is 13.1 Å². The Morgan fingerprint density at radius 2 is 1.83 bits per heavy atom. The fourth-order valence-corrected chi connectivity index (χ4v) is 3.33. The molecule has 1 aromatic carbocycles. The van der Waals surface area contributed by atoms with Crippen molar-refractivity contribution in [2.75, 3.05) is 25.0 Å². The SMILES string of the molecule is CN=C(NCc1ccnc(N2CCCCC2)c1)NCc1ccccc1OC(F)(F)F. The molecule has 0 spiro atoms. The van der Waals surface area contributed by atoms with E-state index in [1.807, 2.05) is 6.07 Å². The van der Waals surface area contributed by atoms with Crippen molar-refractivity contribution < 1.29 is 17.9 Å². The van der Waals surface area contributed by atoms with E-state index >= 15 is 0 Å². The smallest absolute Gasteiger partial charge is 0.405 e. The van der Waals surface area contributed by atoms with Crippen LogP contribution in [0.4, 0.5) is 19.0 Å². The molecular weight excluding hydrogens is 395 g/mol. The summed E-state index contributed by atoms with van der Waals surface area (Å²) in [6.07, 6.45) is 0.683. The number of rotatable bonds is 6. The summed E-state index contributed by atoms with van der Waals surface area (Å²) in [5, 5.41) is 6.21. The first-order valence-electron chi connectivity index (χ1n) is 9.92. The minimum absolute atomic E-state index is 0.140. The molecule has 0 bridgehead atoms. The van der Waals surface area contributed by atoms with Crippen LogP contribution in [0.5, 0.6) is 5.75 Å². The Kier molecular flexibility index (Phi) is 7.37. The number of aliphatic imine (C=N–C) groups is 1.